The van der Waals surface area contributed by atoms with Crippen LogP contribution in [0, 0.1) is 0 Å². The Kier molecular flexibility index (Phi) is 8.31. The Hall–Kier alpha value is -2.51. The molecule has 2 aromatic rings. The number of nitrogens with zero attached hydrogens (tertiary/aromatic N) is 2. The summed E-state index contributed by atoms with van der Waals surface area (Å²) in [7, 11) is -6.14. The van der Waals surface area contributed by atoms with Crippen molar-refractivity contribution in [2.24, 2.45) is 0 Å². The summed E-state index contributed by atoms with van der Waals surface area (Å²) >= 11 is 0. The maximum Gasteiger partial charge on any atom is 0.255 e. The molecule has 1 heterocycles. The number of sulfonamides is 2. The number of amides is 1. The van der Waals surface area contributed by atoms with Crippen LogP contribution in [0.1, 0.15) is 24.2 Å². The van der Waals surface area contributed by atoms with Crippen LogP contribution in [-0.4, -0.2) is 77.9 Å². The number of anilines is 1. The normalized spacial score (nSPS) is 15.3. The van der Waals surface area contributed by atoms with Gasteiger partial charge >= 0.3 is 0 Å². The number of carbonyl (C=O) groups is 1. The van der Waals surface area contributed by atoms with Crippen molar-refractivity contribution >= 4 is 31.6 Å². The zero-order valence-electron chi connectivity index (χ0n) is 19.4. The summed E-state index contributed by atoms with van der Waals surface area (Å²) in [6.07, 6.45) is 0. The molecule has 34 heavy (non-hydrogen) atoms. The first-order valence-corrected chi connectivity index (χ1v) is 13.7. The molecule has 0 spiro atoms. The number of methoxy groups -OCH3 is 1. The average Bonchev–Trinajstić information content (AvgIpc) is 2.85. The molecule has 186 valence electrons. The molecule has 10 nitrogen and oxygen atoms in total. The van der Waals surface area contributed by atoms with Crippen molar-refractivity contribution in [3.8, 4) is 5.75 Å². The third-order valence-corrected chi connectivity index (χ3v) is 9.41. The predicted octanol–water partition coefficient (Wildman–Crippen LogP) is 2.00. The number of carbonyl (C=O) groups excluding carboxylic acids is 1. The Balaban J connectivity index is 1.91. The molecule has 0 radical (unpaired) electrons. The number of hydrogen-bond acceptors (Lipinski definition) is 7. The van der Waals surface area contributed by atoms with E-state index in [1.54, 1.807) is 13.8 Å². The van der Waals surface area contributed by atoms with Crippen LogP contribution >= 0.6 is 0 Å². The van der Waals surface area contributed by atoms with Crippen molar-refractivity contribution < 1.29 is 31.1 Å². The molecule has 0 atom stereocenters. The van der Waals surface area contributed by atoms with Gasteiger partial charge in [0.2, 0.25) is 20.0 Å². The van der Waals surface area contributed by atoms with E-state index in [-0.39, 0.29) is 39.9 Å². The molecule has 1 saturated heterocycles. The van der Waals surface area contributed by atoms with Gasteiger partial charge in [0.15, 0.2) is 0 Å². The van der Waals surface area contributed by atoms with Crippen molar-refractivity contribution in [2.75, 3.05) is 51.8 Å². The fourth-order valence-electron chi connectivity index (χ4n) is 3.59. The molecule has 0 saturated carbocycles. The first kappa shape index (κ1) is 26.1. The molecule has 1 aliphatic heterocycles. The summed E-state index contributed by atoms with van der Waals surface area (Å²) in [6, 6.07) is 9.91. The number of ether oxygens (including phenoxy) is 2. The molecule has 0 bridgehead atoms. The zero-order valence-corrected chi connectivity index (χ0v) is 21.0. The van der Waals surface area contributed by atoms with Crippen molar-refractivity contribution in [1.29, 1.82) is 0 Å². The quantitative estimate of drug-likeness (QED) is 0.546. The van der Waals surface area contributed by atoms with E-state index in [4.69, 9.17) is 9.47 Å². The molecular weight excluding hydrogens is 482 g/mol. The maximum atomic E-state index is 13.0. The highest BCUT2D eigenvalue weighted by molar-refractivity contribution is 7.89. The van der Waals surface area contributed by atoms with Crippen molar-refractivity contribution in [3.05, 3.63) is 48.0 Å². The summed E-state index contributed by atoms with van der Waals surface area (Å²) in [4.78, 5) is 13.0. The van der Waals surface area contributed by atoms with Gasteiger partial charge in [0.05, 0.1) is 35.8 Å². The molecule has 0 aliphatic carbocycles. The predicted molar refractivity (Wildman–Crippen MR) is 127 cm³/mol. The van der Waals surface area contributed by atoms with Gasteiger partial charge in [-0.3, -0.25) is 4.79 Å². The lowest BCUT2D eigenvalue weighted by atomic mass is 10.2. The molecule has 3 rings (SSSR count). The smallest absolute Gasteiger partial charge is 0.255 e. The fourth-order valence-corrected chi connectivity index (χ4v) is 6.53. The highest BCUT2D eigenvalue weighted by Crippen LogP contribution is 2.30. The van der Waals surface area contributed by atoms with Crippen molar-refractivity contribution in [2.45, 2.75) is 23.6 Å². The van der Waals surface area contributed by atoms with Gasteiger partial charge in [0, 0.05) is 31.7 Å². The first-order chi connectivity index (χ1) is 16.1. The van der Waals surface area contributed by atoms with Crippen LogP contribution in [0.15, 0.2) is 52.3 Å². The highest BCUT2D eigenvalue weighted by Gasteiger charge is 2.28. The van der Waals surface area contributed by atoms with Crippen LogP contribution in [0.25, 0.3) is 0 Å². The van der Waals surface area contributed by atoms with Crippen LogP contribution in [0.3, 0.4) is 0 Å². The van der Waals surface area contributed by atoms with E-state index in [1.165, 1.54) is 58.2 Å². The minimum atomic E-state index is -3.79. The number of morpholine rings is 1. The number of benzene rings is 2. The Morgan fingerprint density at radius 3 is 2.32 bits per heavy atom. The molecule has 0 unspecified atom stereocenters. The van der Waals surface area contributed by atoms with Gasteiger partial charge in [-0.15, -0.1) is 0 Å². The number of hydrogen-bond donors (Lipinski definition) is 1. The summed E-state index contributed by atoms with van der Waals surface area (Å²) in [6.45, 7) is 5.18. The van der Waals surface area contributed by atoms with Gasteiger partial charge in [-0.25, -0.2) is 16.8 Å². The van der Waals surface area contributed by atoms with Crippen LogP contribution in [-0.2, 0) is 24.8 Å². The van der Waals surface area contributed by atoms with Gasteiger partial charge in [0.1, 0.15) is 5.75 Å². The van der Waals surface area contributed by atoms with E-state index >= 15 is 0 Å². The van der Waals surface area contributed by atoms with Crippen LogP contribution in [0.4, 0.5) is 5.69 Å². The van der Waals surface area contributed by atoms with Crippen molar-refractivity contribution in [1.82, 2.24) is 8.61 Å². The summed E-state index contributed by atoms with van der Waals surface area (Å²) < 4.78 is 64.8. The summed E-state index contributed by atoms with van der Waals surface area (Å²) in [5.74, 6) is -0.336. The molecule has 1 amide bonds. The second kappa shape index (κ2) is 10.8. The Morgan fingerprint density at radius 1 is 1.03 bits per heavy atom. The van der Waals surface area contributed by atoms with Crippen LogP contribution in [0.5, 0.6) is 5.75 Å². The minimum Gasteiger partial charge on any atom is -0.495 e. The Morgan fingerprint density at radius 2 is 1.71 bits per heavy atom. The van der Waals surface area contributed by atoms with E-state index in [1.807, 2.05) is 0 Å². The summed E-state index contributed by atoms with van der Waals surface area (Å²) in [5, 5.41) is 2.65. The molecule has 1 fully saturated rings. The second-order valence-electron chi connectivity index (χ2n) is 7.45. The number of rotatable bonds is 9. The monoisotopic (exact) mass is 511 g/mol. The van der Waals surface area contributed by atoms with Gasteiger partial charge in [0.25, 0.3) is 5.91 Å². The maximum absolute atomic E-state index is 13.0. The minimum absolute atomic E-state index is 0.000499. The van der Waals surface area contributed by atoms with E-state index in [0.29, 0.717) is 26.3 Å². The Labute approximate surface area is 200 Å². The summed E-state index contributed by atoms with van der Waals surface area (Å²) in [5.41, 5.74) is 0.260. The molecule has 0 aromatic heterocycles. The van der Waals surface area contributed by atoms with E-state index in [9.17, 15) is 21.6 Å². The van der Waals surface area contributed by atoms with Gasteiger partial charge in [-0.1, -0.05) is 19.9 Å². The van der Waals surface area contributed by atoms with Crippen LogP contribution in [0.2, 0.25) is 0 Å². The molecule has 1 aliphatic rings. The molecule has 12 heteroatoms. The SMILES string of the molecule is CCN(CC)S(=O)(=O)c1cccc(C(=O)Nc2cc(S(=O)(=O)N3CCOCC3)ccc2OC)c1. The van der Waals surface area contributed by atoms with Gasteiger partial charge in [-0.2, -0.15) is 8.61 Å². The van der Waals surface area contributed by atoms with E-state index in [2.05, 4.69) is 5.32 Å². The largest absolute Gasteiger partial charge is 0.495 e. The number of nitrogens with one attached hydrogen (secondary N) is 1. The Bertz CT molecular complexity index is 1240. The van der Waals surface area contributed by atoms with Gasteiger partial charge < -0.3 is 14.8 Å². The average molecular weight is 512 g/mol. The fraction of sp³-hybridized carbons (Fsp3) is 0.409. The third-order valence-electron chi connectivity index (χ3n) is 5.47. The van der Waals surface area contributed by atoms with Gasteiger partial charge in [-0.05, 0) is 36.4 Å². The van der Waals surface area contributed by atoms with Crippen LogP contribution < -0.4 is 10.1 Å². The zero-order chi connectivity index (χ0) is 24.9. The topological polar surface area (TPSA) is 122 Å². The highest BCUT2D eigenvalue weighted by atomic mass is 32.2. The third kappa shape index (κ3) is 5.41. The molecule has 2 aromatic carbocycles. The lowest BCUT2D eigenvalue weighted by Crippen LogP contribution is -2.40. The lowest BCUT2D eigenvalue weighted by molar-refractivity contribution is 0.0730. The lowest BCUT2D eigenvalue weighted by Gasteiger charge is -2.26. The first-order valence-electron chi connectivity index (χ1n) is 10.8. The standard InChI is InChI=1S/C22H29N3O7S2/c1-4-24(5-2)33(27,28)18-8-6-7-17(15-18)22(26)23-20-16-19(9-10-21(20)31-3)34(29,30)25-11-13-32-14-12-25/h6-10,15-16H,4-5,11-14H2,1-3H3,(H,23,26). The second-order valence-corrected chi connectivity index (χ2v) is 11.3. The van der Waals surface area contributed by atoms with E-state index in [0.717, 1.165) is 0 Å². The van der Waals surface area contributed by atoms with Crippen molar-refractivity contribution in [3.63, 3.8) is 0 Å². The van der Waals surface area contributed by atoms with E-state index < -0.39 is 26.0 Å². The molecule has 1 N–H and O–H groups in total. The molecular formula is C22H29N3O7S2.